The molecule has 1 saturated heterocycles. The first-order valence-electron chi connectivity index (χ1n) is 10.2. The fraction of sp³-hybridized carbons (Fsp3) is 0.217. The molecule has 4 heterocycles. The van der Waals surface area contributed by atoms with Crippen molar-refractivity contribution < 1.29 is 9.53 Å². The second kappa shape index (κ2) is 9.22. The van der Waals surface area contributed by atoms with E-state index in [1.165, 1.54) is 6.20 Å². The van der Waals surface area contributed by atoms with Gasteiger partial charge in [0.15, 0.2) is 0 Å². The van der Waals surface area contributed by atoms with Crippen LogP contribution in [0, 0.1) is 11.3 Å². The number of nitrogens with two attached hydrogens (primary N) is 1. The van der Waals surface area contributed by atoms with Crippen LogP contribution in [-0.2, 0) is 0 Å². The lowest BCUT2D eigenvalue weighted by Crippen LogP contribution is -2.27. The zero-order chi connectivity index (χ0) is 22.5. The summed E-state index contributed by atoms with van der Waals surface area (Å²) < 4.78 is 6.96. The molecule has 1 fully saturated rings. The minimum Gasteiger partial charge on any atom is -0.494 e. The van der Waals surface area contributed by atoms with Gasteiger partial charge in [-0.05, 0) is 43.2 Å². The lowest BCUT2D eigenvalue weighted by Gasteiger charge is -2.14. The highest BCUT2D eigenvalue weighted by molar-refractivity contribution is 5.94. The number of rotatable bonds is 3. The fourth-order valence-electron chi connectivity index (χ4n) is 3.62. The Bertz CT molecular complexity index is 1250. The lowest BCUT2D eigenvalue weighted by molar-refractivity contribution is 0.0793. The van der Waals surface area contributed by atoms with Crippen molar-refractivity contribution in [3.8, 4) is 22.9 Å². The molecular formula is C23H23N7O2. The number of methoxy groups -OCH3 is 1. The van der Waals surface area contributed by atoms with Crippen LogP contribution in [0.1, 0.15) is 28.8 Å². The van der Waals surface area contributed by atoms with E-state index in [2.05, 4.69) is 21.4 Å². The van der Waals surface area contributed by atoms with Crippen LogP contribution in [0.5, 0.6) is 5.75 Å². The molecule has 0 saturated carbocycles. The van der Waals surface area contributed by atoms with Crippen molar-refractivity contribution >= 4 is 17.1 Å². The quantitative estimate of drug-likeness (QED) is 0.482. The van der Waals surface area contributed by atoms with Crippen LogP contribution < -0.4 is 10.5 Å². The average Bonchev–Trinajstić information content (AvgIpc) is 3.60. The number of hydrogen-bond acceptors (Lipinski definition) is 6. The van der Waals surface area contributed by atoms with Gasteiger partial charge in [-0.2, -0.15) is 15.5 Å². The molecule has 162 valence electrons. The number of fused-ring (bicyclic) bond motifs is 1. The van der Waals surface area contributed by atoms with Crippen molar-refractivity contribution in [3.05, 3.63) is 66.2 Å². The van der Waals surface area contributed by atoms with E-state index in [1.807, 2.05) is 17.2 Å². The summed E-state index contributed by atoms with van der Waals surface area (Å²) in [6.07, 6.45) is 9.12. The second-order valence-electron chi connectivity index (χ2n) is 7.37. The zero-order valence-corrected chi connectivity index (χ0v) is 17.7. The number of nitrogen functional groups attached to an aromatic ring is 1. The predicted molar refractivity (Wildman–Crippen MR) is 120 cm³/mol. The molecule has 1 aliphatic rings. The first kappa shape index (κ1) is 20.9. The van der Waals surface area contributed by atoms with Gasteiger partial charge in [-0.15, -0.1) is 0 Å². The lowest BCUT2D eigenvalue weighted by atomic mass is 10.1. The van der Waals surface area contributed by atoms with Crippen LogP contribution in [0.25, 0.3) is 16.6 Å². The van der Waals surface area contributed by atoms with Crippen LogP contribution in [0.4, 0.5) is 5.69 Å². The van der Waals surface area contributed by atoms with Crippen LogP contribution in [-0.4, -0.2) is 50.8 Å². The third kappa shape index (κ3) is 4.25. The van der Waals surface area contributed by atoms with Crippen molar-refractivity contribution in [1.82, 2.24) is 24.7 Å². The highest BCUT2D eigenvalue weighted by Gasteiger charge is 2.18. The van der Waals surface area contributed by atoms with E-state index >= 15 is 0 Å². The number of amides is 1. The monoisotopic (exact) mass is 429 g/mol. The third-order valence-electron chi connectivity index (χ3n) is 5.30. The van der Waals surface area contributed by atoms with Gasteiger partial charge < -0.3 is 15.4 Å². The van der Waals surface area contributed by atoms with Crippen LogP contribution >= 0.6 is 0 Å². The average molecular weight is 429 g/mol. The molecule has 0 bridgehead atoms. The molecule has 0 radical (unpaired) electrons. The van der Waals surface area contributed by atoms with E-state index in [9.17, 15) is 4.79 Å². The maximum atomic E-state index is 11.8. The summed E-state index contributed by atoms with van der Waals surface area (Å²) in [7, 11) is 1.57. The first-order chi connectivity index (χ1) is 15.6. The van der Waals surface area contributed by atoms with Crippen molar-refractivity contribution in [1.29, 1.82) is 5.26 Å². The summed E-state index contributed by atoms with van der Waals surface area (Å²) in [6, 6.07) is 11.1. The van der Waals surface area contributed by atoms with E-state index in [-0.39, 0.29) is 5.91 Å². The number of anilines is 1. The van der Waals surface area contributed by atoms with Gasteiger partial charge in [0.1, 0.15) is 22.9 Å². The molecule has 0 spiro atoms. The SMILES string of the molecule is COc1cc(-c2cn[nH]c2)cn2ncc(C#N)c12.Nc1ccc(C(=O)N2CCCC2)cc1. The summed E-state index contributed by atoms with van der Waals surface area (Å²) in [6.45, 7) is 1.78. The molecular weight excluding hydrogens is 406 g/mol. The Morgan fingerprint density at radius 2 is 1.94 bits per heavy atom. The van der Waals surface area contributed by atoms with Gasteiger partial charge in [-0.3, -0.25) is 9.89 Å². The number of carbonyl (C=O) groups excluding carboxylic acids is 1. The number of likely N-dealkylation sites (tertiary alicyclic amines) is 1. The zero-order valence-electron chi connectivity index (χ0n) is 17.7. The molecule has 32 heavy (non-hydrogen) atoms. The number of carbonyl (C=O) groups is 1. The maximum absolute atomic E-state index is 11.8. The molecule has 9 nitrogen and oxygen atoms in total. The molecule has 1 aromatic carbocycles. The summed E-state index contributed by atoms with van der Waals surface area (Å²) in [5, 5.41) is 19.8. The van der Waals surface area contributed by atoms with E-state index in [0.717, 1.165) is 42.6 Å². The normalized spacial score (nSPS) is 12.8. The molecule has 3 N–H and O–H groups in total. The number of nitrogens with one attached hydrogen (secondary N) is 1. The van der Waals surface area contributed by atoms with Gasteiger partial charge in [0, 0.05) is 47.9 Å². The van der Waals surface area contributed by atoms with E-state index < -0.39 is 0 Å². The maximum Gasteiger partial charge on any atom is 0.253 e. The molecule has 5 rings (SSSR count). The number of benzene rings is 1. The van der Waals surface area contributed by atoms with Gasteiger partial charge in [0.25, 0.3) is 5.91 Å². The Balaban J connectivity index is 0.000000158. The van der Waals surface area contributed by atoms with Gasteiger partial charge in [-0.1, -0.05) is 0 Å². The van der Waals surface area contributed by atoms with Crippen LogP contribution in [0.15, 0.2) is 55.1 Å². The molecule has 9 heteroatoms. The minimum absolute atomic E-state index is 0.127. The Kier molecular flexibility index (Phi) is 6.03. The molecule has 1 amide bonds. The number of H-pyrrole nitrogens is 1. The highest BCUT2D eigenvalue weighted by Crippen LogP contribution is 2.29. The van der Waals surface area contributed by atoms with Gasteiger partial charge in [0.05, 0.1) is 19.5 Å². The largest absolute Gasteiger partial charge is 0.494 e. The Hall–Kier alpha value is -4.32. The standard InChI is InChI=1S/C12H9N5O.C11H14N2O/c1-18-11-2-8(10-4-14-15-5-10)7-17-12(11)9(3-13)6-16-17;12-10-5-3-9(4-6-10)11(14)13-7-1-2-8-13/h2,4-7H,1H3,(H,14,15);3-6H,1-2,7-8,12H2. The first-order valence-corrected chi connectivity index (χ1v) is 10.2. The molecule has 0 atom stereocenters. The number of aromatic amines is 1. The number of nitrogens with zero attached hydrogens (tertiary/aromatic N) is 5. The fourth-order valence-corrected chi connectivity index (χ4v) is 3.62. The molecule has 0 aliphatic carbocycles. The summed E-state index contributed by atoms with van der Waals surface area (Å²) >= 11 is 0. The summed E-state index contributed by atoms with van der Waals surface area (Å²) in [5.41, 5.74) is 10.0. The minimum atomic E-state index is 0.127. The van der Waals surface area contributed by atoms with Crippen LogP contribution in [0.3, 0.4) is 0 Å². The van der Waals surface area contributed by atoms with Crippen molar-refractivity contribution in [2.45, 2.75) is 12.8 Å². The Morgan fingerprint density at radius 3 is 2.56 bits per heavy atom. The number of ether oxygens (including phenoxy) is 1. The van der Waals surface area contributed by atoms with E-state index in [1.54, 1.807) is 48.3 Å². The Morgan fingerprint density at radius 1 is 1.19 bits per heavy atom. The highest BCUT2D eigenvalue weighted by atomic mass is 16.5. The summed E-state index contributed by atoms with van der Waals surface area (Å²) in [5.74, 6) is 0.741. The number of aromatic nitrogens is 4. The number of pyridine rings is 1. The van der Waals surface area contributed by atoms with Crippen LogP contribution in [0.2, 0.25) is 0 Å². The second-order valence-corrected chi connectivity index (χ2v) is 7.37. The van der Waals surface area contributed by atoms with Gasteiger partial charge in [-0.25, -0.2) is 4.52 Å². The van der Waals surface area contributed by atoms with Gasteiger partial charge >= 0.3 is 0 Å². The number of hydrogen-bond donors (Lipinski definition) is 2. The predicted octanol–water partition coefficient (Wildman–Crippen LogP) is 3.11. The molecule has 3 aromatic heterocycles. The van der Waals surface area contributed by atoms with E-state index in [0.29, 0.717) is 22.5 Å². The van der Waals surface area contributed by atoms with Crippen molar-refractivity contribution in [2.24, 2.45) is 0 Å². The molecule has 4 aromatic rings. The summed E-state index contributed by atoms with van der Waals surface area (Å²) in [4.78, 5) is 13.7. The van der Waals surface area contributed by atoms with Crippen molar-refractivity contribution in [3.63, 3.8) is 0 Å². The Labute approximate surface area is 185 Å². The molecule has 1 aliphatic heterocycles. The van der Waals surface area contributed by atoms with E-state index in [4.69, 9.17) is 15.7 Å². The molecule has 0 unspecified atom stereocenters. The van der Waals surface area contributed by atoms with Crippen molar-refractivity contribution in [2.75, 3.05) is 25.9 Å². The third-order valence-corrected chi connectivity index (χ3v) is 5.30. The number of nitriles is 1. The van der Waals surface area contributed by atoms with Gasteiger partial charge in [0.2, 0.25) is 0 Å². The smallest absolute Gasteiger partial charge is 0.253 e. The topological polar surface area (TPSA) is 125 Å².